The molecule has 0 aliphatic carbocycles. The number of hydrogen-bond acceptors (Lipinski definition) is 1. The molecule has 140 valence electrons. The maximum atomic E-state index is 6.11. The van der Waals surface area contributed by atoms with E-state index in [0.717, 1.165) is 6.61 Å². The van der Waals surface area contributed by atoms with Crippen LogP contribution in [0.3, 0.4) is 0 Å². The van der Waals surface area contributed by atoms with Crippen LogP contribution in [0.2, 0.25) is 0 Å². The molecule has 1 aromatic carbocycles. The van der Waals surface area contributed by atoms with Gasteiger partial charge in [-0.1, -0.05) is 82.9 Å². The van der Waals surface area contributed by atoms with E-state index in [1.54, 1.807) is 0 Å². The van der Waals surface area contributed by atoms with Gasteiger partial charge in [0.2, 0.25) is 0 Å². The van der Waals surface area contributed by atoms with Crippen molar-refractivity contribution in [3.8, 4) is 0 Å². The minimum atomic E-state index is 0. The van der Waals surface area contributed by atoms with Gasteiger partial charge in [-0.3, -0.25) is 0 Å². The van der Waals surface area contributed by atoms with E-state index < -0.39 is 0 Å². The second kappa shape index (κ2) is 13.7. The summed E-state index contributed by atoms with van der Waals surface area (Å²) in [7, 11) is 4.25. The third kappa shape index (κ3) is 9.66. The van der Waals surface area contributed by atoms with Crippen LogP contribution in [0.1, 0.15) is 76.7 Å². The van der Waals surface area contributed by atoms with Gasteiger partial charge >= 0.3 is 0 Å². The summed E-state index contributed by atoms with van der Waals surface area (Å²) in [4.78, 5) is 6.11. The minimum Gasteiger partial charge on any atom is -1.00 e. The van der Waals surface area contributed by atoms with Gasteiger partial charge < -0.3 is 12.4 Å². The van der Waals surface area contributed by atoms with Crippen LogP contribution in [0.4, 0.5) is 5.69 Å². The fourth-order valence-electron chi connectivity index (χ4n) is 3.12. The molecule has 0 spiro atoms. The zero-order valence-electron chi connectivity index (χ0n) is 16.3. The van der Waals surface area contributed by atoms with Gasteiger partial charge in [0, 0.05) is 11.6 Å². The molecule has 3 heteroatoms. The summed E-state index contributed by atoms with van der Waals surface area (Å²) in [5.74, 6) is 0. The molecule has 1 aromatic rings. The zero-order chi connectivity index (χ0) is 17.0. The van der Waals surface area contributed by atoms with Crippen LogP contribution in [0.15, 0.2) is 24.3 Å². The van der Waals surface area contributed by atoms with Gasteiger partial charge in [-0.05, 0) is 13.3 Å². The molecule has 0 saturated carbocycles. The van der Waals surface area contributed by atoms with Crippen LogP contribution in [-0.2, 0) is 4.84 Å². The maximum Gasteiger partial charge on any atom is 0.167 e. The van der Waals surface area contributed by atoms with Gasteiger partial charge in [-0.25, -0.2) is 0 Å². The van der Waals surface area contributed by atoms with Crippen LogP contribution in [0, 0.1) is 6.92 Å². The average Bonchev–Trinajstić information content (AvgIpc) is 2.53. The first-order chi connectivity index (χ1) is 11.1. The number of aryl methyl sites for hydroxylation is 1. The van der Waals surface area contributed by atoms with Gasteiger partial charge in [0.15, 0.2) is 5.69 Å². The molecule has 0 amide bonds. The van der Waals surface area contributed by atoms with E-state index in [4.69, 9.17) is 4.84 Å². The zero-order valence-corrected chi connectivity index (χ0v) is 17.1. The SMILES string of the molecule is CCCCCCCCCCCCO[N+](C)(C)c1ccccc1C.[Cl-]. The van der Waals surface area contributed by atoms with E-state index in [2.05, 4.69) is 52.2 Å². The van der Waals surface area contributed by atoms with E-state index in [1.165, 1.54) is 75.5 Å². The first-order valence-electron chi connectivity index (χ1n) is 9.62. The number of unbranched alkanes of at least 4 members (excludes halogenated alkanes) is 9. The molecular formula is C21H38ClNO. The highest BCUT2D eigenvalue weighted by Crippen LogP contribution is 2.24. The average molecular weight is 356 g/mol. The van der Waals surface area contributed by atoms with Crippen LogP contribution in [0.25, 0.3) is 0 Å². The first kappa shape index (κ1) is 23.4. The van der Waals surface area contributed by atoms with Crippen molar-refractivity contribution in [1.29, 1.82) is 0 Å². The number of nitrogens with zero attached hydrogens (tertiary/aromatic N) is 1. The lowest BCUT2D eigenvalue weighted by atomic mass is 10.1. The van der Waals surface area contributed by atoms with Crippen molar-refractivity contribution in [3.05, 3.63) is 29.8 Å². The summed E-state index contributed by atoms with van der Waals surface area (Å²) < 4.78 is 0.518. The maximum absolute atomic E-state index is 6.11. The number of hydrogen-bond donors (Lipinski definition) is 0. The molecule has 2 nitrogen and oxygen atoms in total. The molecule has 0 atom stereocenters. The Morgan fingerprint density at radius 1 is 0.792 bits per heavy atom. The van der Waals surface area contributed by atoms with Gasteiger partial charge in [0.25, 0.3) is 0 Å². The molecule has 0 aliphatic rings. The molecule has 0 unspecified atom stereocenters. The number of hydroxylamine groups is 2. The van der Waals surface area contributed by atoms with Crippen molar-refractivity contribution in [2.45, 2.75) is 78.1 Å². The second-order valence-electron chi connectivity index (χ2n) is 7.15. The summed E-state index contributed by atoms with van der Waals surface area (Å²) >= 11 is 0. The normalized spacial score (nSPS) is 11.3. The lowest BCUT2D eigenvalue weighted by molar-refractivity contribution is -0.111. The molecule has 0 bridgehead atoms. The summed E-state index contributed by atoms with van der Waals surface area (Å²) in [5, 5.41) is 0. The molecule has 0 saturated heterocycles. The van der Waals surface area contributed by atoms with Gasteiger partial charge in [-0.2, -0.15) is 9.48 Å². The fraction of sp³-hybridized carbons (Fsp3) is 0.714. The Bertz CT molecular complexity index is 420. The Balaban J connectivity index is 0.00000529. The summed E-state index contributed by atoms with van der Waals surface area (Å²) in [6, 6.07) is 8.49. The lowest BCUT2D eigenvalue weighted by Crippen LogP contribution is -3.00. The topological polar surface area (TPSA) is 9.23 Å². The number of halogens is 1. The van der Waals surface area contributed by atoms with Crippen molar-refractivity contribution in [2.24, 2.45) is 0 Å². The summed E-state index contributed by atoms with van der Waals surface area (Å²) in [5.41, 5.74) is 2.54. The standard InChI is InChI=1S/C21H38NO.ClH/c1-5-6-7-8-9-10-11-12-13-16-19-23-22(3,4)21-18-15-14-17-20(21)2;/h14-15,17-18H,5-13,16,19H2,1-4H3;1H/q+1;/p-1. The Hall–Kier alpha value is -0.570. The fourth-order valence-corrected chi connectivity index (χ4v) is 3.12. The molecule has 24 heavy (non-hydrogen) atoms. The van der Waals surface area contributed by atoms with E-state index in [0.29, 0.717) is 4.65 Å². The largest absolute Gasteiger partial charge is 1.00 e. The Morgan fingerprint density at radius 2 is 1.29 bits per heavy atom. The van der Waals surface area contributed by atoms with Crippen LogP contribution >= 0.6 is 0 Å². The van der Waals surface area contributed by atoms with Gasteiger partial charge in [0.05, 0.1) is 0 Å². The molecule has 0 radical (unpaired) electrons. The van der Waals surface area contributed by atoms with Crippen molar-refractivity contribution in [1.82, 2.24) is 4.65 Å². The molecular weight excluding hydrogens is 318 g/mol. The molecule has 0 heterocycles. The Morgan fingerprint density at radius 3 is 1.83 bits per heavy atom. The van der Waals surface area contributed by atoms with Crippen molar-refractivity contribution >= 4 is 5.69 Å². The van der Waals surface area contributed by atoms with Crippen molar-refractivity contribution < 1.29 is 17.2 Å². The van der Waals surface area contributed by atoms with Crippen LogP contribution in [0.5, 0.6) is 0 Å². The number of benzene rings is 1. The van der Waals surface area contributed by atoms with Crippen LogP contribution in [-0.4, -0.2) is 20.7 Å². The predicted molar refractivity (Wildman–Crippen MR) is 103 cm³/mol. The highest BCUT2D eigenvalue weighted by molar-refractivity contribution is 5.47. The smallest absolute Gasteiger partial charge is 0.167 e. The van der Waals surface area contributed by atoms with Crippen LogP contribution < -0.4 is 17.1 Å². The number of rotatable bonds is 13. The van der Waals surface area contributed by atoms with Crippen molar-refractivity contribution in [3.63, 3.8) is 0 Å². The Labute approximate surface area is 156 Å². The minimum absolute atomic E-state index is 0. The molecule has 1 rings (SSSR count). The van der Waals surface area contributed by atoms with E-state index >= 15 is 0 Å². The molecule has 0 aromatic heterocycles. The van der Waals surface area contributed by atoms with Crippen molar-refractivity contribution in [2.75, 3.05) is 20.7 Å². The molecule has 0 fully saturated rings. The van der Waals surface area contributed by atoms with E-state index in [9.17, 15) is 0 Å². The number of para-hydroxylation sites is 1. The quantitative estimate of drug-likeness (QED) is 0.299. The monoisotopic (exact) mass is 355 g/mol. The van der Waals surface area contributed by atoms with E-state index in [-0.39, 0.29) is 12.4 Å². The van der Waals surface area contributed by atoms with Gasteiger partial charge in [-0.15, -0.1) is 0 Å². The highest BCUT2D eigenvalue weighted by Gasteiger charge is 2.22. The molecule has 0 aliphatic heterocycles. The van der Waals surface area contributed by atoms with E-state index in [1.807, 2.05) is 0 Å². The third-order valence-electron chi connectivity index (χ3n) is 4.61. The lowest BCUT2D eigenvalue weighted by Gasteiger charge is -2.27. The number of quaternary nitrogens is 1. The predicted octanol–water partition coefficient (Wildman–Crippen LogP) is 3.42. The molecule has 0 N–H and O–H groups in total. The van der Waals surface area contributed by atoms with Gasteiger partial charge in [0.1, 0.15) is 20.7 Å². The Kier molecular flexibility index (Phi) is 13.4. The summed E-state index contributed by atoms with van der Waals surface area (Å²) in [6.07, 6.45) is 13.7. The summed E-state index contributed by atoms with van der Waals surface area (Å²) in [6.45, 7) is 5.28. The third-order valence-corrected chi connectivity index (χ3v) is 4.61. The highest BCUT2D eigenvalue weighted by atomic mass is 35.5. The first-order valence-corrected chi connectivity index (χ1v) is 9.62. The second-order valence-corrected chi connectivity index (χ2v) is 7.15.